The van der Waals surface area contributed by atoms with Crippen LogP contribution in [0.15, 0.2) is 30.9 Å². The van der Waals surface area contributed by atoms with E-state index in [2.05, 4.69) is 10.1 Å². The minimum atomic E-state index is -1.08. The van der Waals surface area contributed by atoms with E-state index in [9.17, 15) is 9.59 Å². The van der Waals surface area contributed by atoms with Crippen molar-refractivity contribution >= 4 is 40.6 Å². The molecule has 0 N–H and O–H groups in total. The van der Waals surface area contributed by atoms with Crippen molar-refractivity contribution in [2.24, 2.45) is 5.41 Å². The molecule has 2 aromatic rings. The first-order valence-corrected chi connectivity index (χ1v) is 8.39. The lowest BCUT2D eigenvalue weighted by Crippen LogP contribution is -2.36. The maximum atomic E-state index is 13.2. The van der Waals surface area contributed by atoms with Gasteiger partial charge in [0.15, 0.2) is 11.9 Å². The highest BCUT2D eigenvalue weighted by Gasteiger charge is 2.58. The van der Waals surface area contributed by atoms with Crippen molar-refractivity contribution in [1.82, 2.24) is 14.8 Å². The predicted octanol–water partition coefficient (Wildman–Crippen LogP) is 3.51. The van der Waals surface area contributed by atoms with E-state index in [0.29, 0.717) is 28.6 Å². The van der Waals surface area contributed by atoms with E-state index in [0.717, 1.165) is 0 Å². The zero-order chi connectivity index (χ0) is 17.5. The Morgan fingerprint density at radius 1 is 1.21 bits per heavy atom. The molecule has 1 aromatic carbocycles. The summed E-state index contributed by atoms with van der Waals surface area (Å²) in [6.07, 6.45) is 2.67. The number of carbonyl (C=O) groups excluding carboxylic acids is 2. The smallest absolute Gasteiger partial charge is 0.243 e. The van der Waals surface area contributed by atoms with Gasteiger partial charge in [-0.1, -0.05) is 37.0 Å². The largest absolute Gasteiger partial charge is 0.294 e. The molecule has 0 saturated carbocycles. The summed E-state index contributed by atoms with van der Waals surface area (Å²) in [6.45, 7) is 3.68. The first-order chi connectivity index (χ1) is 11.5. The van der Waals surface area contributed by atoms with Gasteiger partial charge in [0.25, 0.3) is 0 Å². The number of hydrogen-bond acceptors (Lipinski definition) is 4. The standard InChI is InChI=1S/C16H16Cl2N4O2/c1-3-16(4-2)13(23)14(21-9-19-8-20-21)22(15(16)24)12-6-5-10(17)7-11(12)18/h5-9,14H,3-4H2,1-2H3. The number of rotatable bonds is 4. The van der Waals surface area contributed by atoms with E-state index >= 15 is 0 Å². The van der Waals surface area contributed by atoms with Gasteiger partial charge in [-0.25, -0.2) is 9.67 Å². The number of nitrogens with zero attached hydrogens (tertiary/aromatic N) is 4. The van der Waals surface area contributed by atoms with Gasteiger partial charge in [-0.05, 0) is 31.0 Å². The quantitative estimate of drug-likeness (QED) is 0.776. The van der Waals surface area contributed by atoms with Crippen LogP contribution in [0.25, 0.3) is 0 Å². The Morgan fingerprint density at radius 3 is 2.46 bits per heavy atom. The number of aromatic nitrogens is 3. The molecule has 3 rings (SSSR count). The molecule has 0 aliphatic carbocycles. The van der Waals surface area contributed by atoms with Gasteiger partial charge in [0.1, 0.15) is 18.1 Å². The molecule has 126 valence electrons. The Bertz CT molecular complexity index is 787. The number of Topliss-reactive ketones (excluding diaryl/α,β-unsaturated/α-hetero) is 1. The second-order valence-electron chi connectivity index (χ2n) is 5.67. The zero-order valence-electron chi connectivity index (χ0n) is 13.2. The van der Waals surface area contributed by atoms with Crippen LogP contribution in [-0.2, 0) is 9.59 Å². The van der Waals surface area contributed by atoms with Gasteiger partial charge >= 0.3 is 0 Å². The van der Waals surface area contributed by atoms with Gasteiger partial charge in [-0.3, -0.25) is 14.5 Å². The molecule has 1 fully saturated rings. The van der Waals surface area contributed by atoms with E-state index in [1.54, 1.807) is 18.2 Å². The lowest BCUT2D eigenvalue weighted by molar-refractivity contribution is -0.136. The van der Waals surface area contributed by atoms with Crippen molar-refractivity contribution in [3.63, 3.8) is 0 Å². The van der Waals surface area contributed by atoms with Crippen molar-refractivity contribution in [2.75, 3.05) is 4.90 Å². The van der Waals surface area contributed by atoms with Crippen molar-refractivity contribution in [1.29, 1.82) is 0 Å². The minimum Gasteiger partial charge on any atom is -0.294 e. The van der Waals surface area contributed by atoms with E-state index in [1.165, 1.54) is 22.2 Å². The maximum absolute atomic E-state index is 13.2. The minimum absolute atomic E-state index is 0.200. The Balaban J connectivity index is 2.20. The average Bonchev–Trinajstić information content (AvgIpc) is 3.14. The van der Waals surface area contributed by atoms with Crippen LogP contribution in [0.4, 0.5) is 5.69 Å². The zero-order valence-corrected chi connectivity index (χ0v) is 14.8. The molecule has 0 spiro atoms. The normalized spacial score (nSPS) is 20.0. The molecule has 0 bridgehead atoms. The van der Waals surface area contributed by atoms with Gasteiger partial charge in [0, 0.05) is 5.02 Å². The van der Waals surface area contributed by atoms with E-state index < -0.39 is 11.6 Å². The summed E-state index contributed by atoms with van der Waals surface area (Å²) in [5.74, 6) is -0.476. The summed E-state index contributed by atoms with van der Waals surface area (Å²) in [6, 6.07) is 4.82. The SMILES string of the molecule is CCC1(CC)C(=O)C(n2cncn2)N(c2ccc(Cl)cc2Cl)C1=O. The molecule has 1 atom stereocenters. The molecule has 1 aliphatic rings. The summed E-state index contributed by atoms with van der Waals surface area (Å²) >= 11 is 12.2. The average molecular weight is 367 g/mol. The summed E-state index contributed by atoms with van der Waals surface area (Å²) in [4.78, 5) is 31.6. The number of benzene rings is 1. The molecule has 24 heavy (non-hydrogen) atoms. The first-order valence-electron chi connectivity index (χ1n) is 7.63. The molecule has 2 heterocycles. The first kappa shape index (κ1) is 16.9. The van der Waals surface area contributed by atoms with Crippen LogP contribution in [-0.4, -0.2) is 26.5 Å². The Hall–Kier alpha value is -1.92. The molecule has 8 heteroatoms. The Labute approximate surface area is 149 Å². The molecule has 6 nitrogen and oxygen atoms in total. The van der Waals surface area contributed by atoms with E-state index in [4.69, 9.17) is 23.2 Å². The third-order valence-corrected chi connectivity index (χ3v) is 5.18. The van der Waals surface area contributed by atoms with Gasteiger partial charge in [-0.15, -0.1) is 0 Å². The van der Waals surface area contributed by atoms with E-state index in [-0.39, 0.29) is 11.7 Å². The second kappa shape index (κ2) is 6.18. The van der Waals surface area contributed by atoms with Crippen LogP contribution < -0.4 is 4.90 Å². The highest BCUT2D eigenvalue weighted by Crippen LogP contribution is 2.46. The van der Waals surface area contributed by atoms with Crippen LogP contribution in [0.5, 0.6) is 0 Å². The molecule has 1 aliphatic heterocycles. The monoisotopic (exact) mass is 366 g/mol. The fourth-order valence-electron chi connectivity index (χ4n) is 3.21. The molecule has 1 aromatic heterocycles. The number of halogens is 2. The lowest BCUT2D eigenvalue weighted by atomic mass is 9.79. The molecular formula is C16H16Cl2N4O2. The Morgan fingerprint density at radius 2 is 1.92 bits per heavy atom. The van der Waals surface area contributed by atoms with Crippen molar-refractivity contribution < 1.29 is 9.59 Å². The maximum Gasteiger partial charge on any atom is 0.243 e. The van der Waals surface area contributed by atoms with Gasteiger partial charge in [0.05, 0.1) is 10.7 Å². The number of amides is 1. The molecule has 1 saturated heterocycles. The highest BCUT2D eigenvalue weighted by molar-refractivity contribution is 6.37. The second-order valence-corrected chi connectivity index (χ2v) is 6.52. The van der Waals surface area contributed by atoms with Crippen molar-refractivity contribution in [2.45, 2.75) is 32.9 Å². The Kier molecular flexibility index (Phi) is 4.36. The molecule has 1 amide bonds. The topological polar surface area (TPSA) is 68.1 Å². The molecule has 1 unspecified atom stereocenters. The fourth-order valence-corrected chi connectivity index (χ4v) is 3.71. The van der Waals surface area contributed by atoms with Crippen LogP contribution in [0, 0.1) is 5.41 Å². The van der Waals surface area contributed by atoms with Crippen molar-refractivity contribution in [3.8, 4) is 0 Å². The number of hydrogen-bond donors (Lipinski definition) is 0. The third-order valence-electron chi connectivity index (χ3n) is 4.64. The summed E-state index contributed by atoms with van der Waals surface area (Å²) < 4.78 is 1.39. The number of anilines is 1. The fraction of sp³-hybridized carbons (Fsp3) is 0.375. The van der Waals surface area contributed by atoms with Gasteiger partial charge in [0.2, 0.25) is 5.91 Å². The predicted molar refractivity (Wildman–Crippen MR) is 91.0 cm³/mol. The summed E-state index contributed by atoms with van der Waals surface area (Å²) in [5, 5.41) is 4.82. The summed E-state index contributed by atoms with van der Waals surface area (Å²) in [5.41, 5.74) is -0.650. The van der Waals surface area contributed by atoms with Crippen LogP contribution >= 0.6 is 23.2 Å². The lowest BCUT2D eigenvalue weighted by Gasteiger charge is -2.25. The molecular weight excluding hydrogens is 351 g/mol. The van der Waals surface area contributed by atoms with Crippen LogP contribution in [0.1, 0.15) is 32.9 Å². The van der Waals surface area contributed by atoms with E-state index in [1.807, 2.05) is 13.8 Å². The number of carbonyl (C=O) groups is 2. The van der Waals surface area contributed by atoms with Crippen LogP contribution in [0.3, 0.4) is 0 Å². The van der Waals surface area contributed by atoms with Gasteiger partial charge in [-0.2, -0.15) is 5.10 Å². The van der Waals surface area contributed by atoms with Gasteiger partial charge < -0.3 is 0 Å². The third kappa shape index (κ3) is 2.32. The summed E-state index contributed by atoms with van der Waals surface area (Å²) in [7, 11) is 0. The van der Waals surface area contributed by atoms with Crippen LogP contribution in [0.2, 0.25) is 10.0 Å². The molecule has 0 radical (unpaired) electrons. The number of ketones is 1. The van der Waals surface area contributed by atoms with Crippen molar-refractivity contribution in [3.05, 3.63) is 40.9 Å². The highest BCUT2D eigenvalue weighted by atomic mass is 35.5.